The van der Waals surface area contributed by atoms with Gasteiger partial charge >= 0.3 is 0 Å². The van der Waals surface area contributed by atoms with Crippen LogP contribution in [0.4, 0.5) is 0 Å². The molecule has 1 atom stereocenters. The van der Waals surface area contributed by atoms with Crippen molar-refractivity contribution in [2.75, 3.05) is 0 Å². The van der Waals surface area contributed by atoms with E-state index in [-0.39, 0.29) is 4.90 Å². The zero-order chi connectivity index (χ0) is 20.7. The number of hydrogen-bond donors (Lipinski definition) is 1. The molecule has 0 unspecified atom stereocenters. The normalized spacial score (nSPS) is 15.8. The molecule has 1 N–H and O–H groups in total. The minimum atomic E-state index is -3.65. The first kappa shape index (κ1) is 18.8. The first-order valence-electron chi connectivity index (χ1n) is 9.91. The van der Waals surface area contributed by atoms with Gasteiger partial charge in [0.2, 0.25) is 10.0 Å². The van der Waals surface area contributed by atoms with Crippen LogP contribution in [0.2, 0.25) is 0 Å². The number of fused-ring (bicyclic) bond motifs is 2. The standard InChI is InChI=1S/C26H21NO2S/c1-18-13-15-20(16-14-18)30(28,29)27-26-17-25(23-10-4-5-11-24(23)26)22-12-6-8-19-7-2-3-9-21(19)22/h2-17,26-27H,1H3/t26-/m0/s1. The summed E-state index contributed by atoms with van der Waals surface area (Å²) < 4.78 is 28.9. The SMILES string of the molecule is Cc1ccc(S(=O)(=O)N[C@H]2C=C(c3cccc4ccccc34)c3ccccc32)cc1. The number of rotatable bonds is 4. The highest BCUT2D eigenvalue weighted by Crippen LogP contribution is 2.41. The molecule has 0 saturated heterocycles. The van der Waals surface area contributed by atoms with E-state index in [1.807, 2.05) is 61.5 Å². The number of benzene rings is 4. The van der Waals surface area contributed by atoms with Gasteiger partial charge < -0.3 is 0 Å². The largest absolute Gasteiger partial charge is 0.241 e. The van der Waals surface area contributed by atoms with Crippen LogP contribution < -0.4 is 4.72 Å². The van der Waals surface area contributed by atoms with E-state index in [1.165, 1.54) is 0 Å². The van der Waals surface area contributed by atoms with Crippen molar-refractivity contribution in [2.24, 2.45) is 0 Å². The number of aryl methyl sites for hydroxylation is 1. The minimum absolute atomic E-state index is 0.276. The van der Waals surface area contributed by atoms with Gasteiger partial charge in [-0.25, -0.2) is 8.42 Å². The van der Waals surface area contributed by atoms with E-state index in [2.05, 4.69) is 35.1 Å². The molecule has 0 spiro atoms. The Morgan fingerprint density at radius 1 is 0.733 bits per heavy atom. The van der Waals surface area contributed by atoms with Crippen molar-refractivity contribution in [1.29, 1.82) is 0 Å². The maximum Gasteiger partial charge on any atom is 0.241 e. The van der Waals surface area contributed by atoms with Gasteiger partial charge in [-0.1, -0.05) is 90.5 Å². The van der Waals surface area contributed by atoms with Gasteiger partial charge in [0.15, 0.2) is 0 Å². The van der Waals surface area contributed by atoms with Gasteiger partial charge in [-0.05, 0) is 52.1 Å². The molecule has 4 heteroatoms. The lowest BCUT2D eigenvalue weighted by molar-refractivity contribution is 0.575. The predicted octanol–water partition coefficient (Wildman–Crippen LogP) is 5.61. The van der Waals surface area contributed by atoms with Gasteiger partial charge in [0.05, 0.1) is 10.9 Å². The van der Waals surface area contributed by atoms with Gasteiger partial charge in [-0.2, -0.15) is 4.72 Å². The summed E-state index contributed by atoms with van der Waals surface area (Å²) in [4.78, 5) is 0.276. The highest BCUT2D eigenvalue weighted by atomic mass is 32.2. The fourth-order valence-corrected chi connectivity index (χ4v) is 5.26. The summed E-state index contributed by atoms with van der Waals surface area (Å²) in [6.45, 7) is 1.94. The van der Waals surface area contributed by atoms with Crippen molar-refractivity contribution in [3.63, 3.8) is 0 Å². The van der Waals surface area contributed by atoms with E-state index in [4.69, 9.17) is 0 Å². The Labute approximate surface area is 176 Å². The molecule has 0 heterocycles. The number of nitrogens with one attached hydrogen (secondary N) is 1. The first-order valence-corrected chi connectivity index (χ1v) is 11.4. The van der Waals surface area contributed by atoms with Crippen LogP contribution in [0.3, 0.4) is 0 Å². The zero-order valence-electron chi connectivity index (χ0n) is 16.5. The third-order valence-corrected chi connectivity index (χ3v) is 7.07. The quantitative estimate of drug-likeness (QED) is 0.474. The molecule has 0 saturated carbocycles. The molecule has 5 rings (SSSR count). The van der Waals surface area contributed by atoms with E-state index < -0.39 is 16.1 Å². The fourth-order valence-electron chi connectivity index (χ4n) is 4.10. The second kappa shape index (κ2) is 7.24. The molecule has 0 bridgehead atoms. The van der Waals surface area contributed by atoms with Gasteiger partial charge in [-0.15, -0.1) is 0 Å². The molecule has 148 valence electrons. The molecule has 4 aromatic carbocycles. The molecular formula is C26H21NO2S. The van der Waals surface area contributed by atoms with Crippen LogP contribution in [0, 0.1) is 6.92 Å². The molecule has 0 radical (unpaired) electrons. The van der Waals surface area contributed by atoms with Crippen LogP contribution in [0.15, 0.2) is 102 Å². The van der Waals surface area contributed by atoms with E-state index >= 15 is 0 Å². The lowest BCUT2D eigenvalue weighted by atomic mass is 9.94. The van der Waals surface area contributed by atoms with Crippen LogP contribution in [-0.4, -0.2) is 8.42 Å². The average Bonchev–Trinajstić information content (AvgIpc) is 3.11. The van der Waals surface area contributed by atoms with Crippen molar-refractivity contribution in [1.82, 2.24) is 4.72 Å². The third kappa shape index (κ3) is 3.24. The summed E-state index contributed by atoms with van der Waals surface area (Å²) in [5.41, 5.74) is 5.22. The molecule has 3 nitrogen and oxygen atoms in total. The average molecular weight is 412 g/mol. The first-order chi connectivity index (χ1) is 14.5. The molecule has 0 fully saturated rings. The van der Waals surface area contributed by atoms with E-state index in [1.54, 1.807) is 12.1 Å². The molecule has 4 aromatic rings. The van der Waals surface area contributed by atoms with E-state index in [0.29, 0.717) is 0 Å². The highest BCUT2D eigenvalue weighted by molar-refractivity contribution is 7.89. The lowest BCUT2D eigenvalue weighted by Gasteiger charge is -2.14. The minimum Gasteiger partial charge on any atom is -0.207 e. The molecule has 1 aliphatic carbocycles. The third-order valence-electron chi connectivity index (χ3n) is 5.61. The zero-order valence-corrected chi connectivity index (χ0v) is 17.4. The van der Waals surface area contributed by atoms with Gasteiger partial charge in [0.1, 0.15) is 0 Å². The van der Waals surface area contributed by atoms with Crippen molar-refractivity contribution < 1.29 is 8.42 Å². The monoisotopic (exact) mass is 411 g/mol. The summed E-state index contributed by atoms with van der Waals surface area (Å²) in [5, 5.41) is 2.32. The van der Waals surface area contributed by atoms with Crippen LogP contribution >= 0.6 is 0 Å². The summed E-state index contributed by atoms with van der Waals surface area (Å²) in [7, 11) is -3.65. The Morgan fingerprint density at radius 2 is 1.40 bits per heavy atom. The van der Waals surface area contributed by atoms with E-state index in [0.717, 1.165) is 38.6 Å². The van der Waals surface area contributed by atoms with Crippen molar-refractivity contribution in [3.05, 3.63) is 119 Å². The molecule has 0 aliphatic heterocycles. The second-order valence-electron chi connectivity index (χ2n) is 7.61. The van der Waals surface area contributed by atoms with E-state index in [9.17, 15) is 8.42 Å². The molecule has 0 aromatic heterocycles. The van der Waals surface area contributed by atoms with Crippen molar-refractivity contribution >= 4 is 26.4 Å². The Hall–Kier alpha value is -3.21. The van der Waals surface area contributed by atoms with Crippen LogP contribution in [0.25, 0.3) is 16.3 Å². The smallest absolute Gasteiger partial charge is 0.207 e. The number of hydrogen-bond acceptors (Lipinski definition) is 2. The molecular weight excluding hydrogens is 390 g/mol. The topological polar surface area (TPSA) is 46.2 Å². The molecule has 0 amide bonds. The lowest BCUT2D eigenvalue weighted by Crippen LogP contribution is -2.26. The highest BCUT2D eigenvalue weighted by Gasteiger charge is 2.28. The van der Waals surface area contributed by atoms with Crippen LogP contribution in [-0.2, 0) is 10.0 Å². The fraction of sp³-hybridized carbons (Fsp3) is 0.0769. The van der Waals surface area contributed by atoms with Crippen molar-refractivity contribution in [3.8, 4) is 0 Å². The Morgan fingerprint density at radius 3 is 2.23 bits per heavy atom. The molecule has 1 aliphatic rings. The number of sulfonamides is 1. The summed E-state index contributed by atoms with van der Waals surface area (Å²) in [6, 6.07) is 29.0. The Kier molecular flexibility index (Phi) is 4.54. The maximum atomic E-state index is 13.0. The van der Waals surface area contributed by atoms with Crippen LogP contribution in [0.5, 0.6) is 0 Å². The van der Waals surface area contributed by atoms with Gasteiger partial charge in [-0.3, -0.25) is 0 Å². The summed E-state index contributed by atoms with van der Waals surface area (Å²) >= 11 is 0. The second-order valence-corrected chi connectivity index (χ2v) is 9.32. The van der Waals surface area contributed by atoms with Crippen molar-refractivity contribution in [2.45, 2.75) is 17.9 Å². The summed E-state index contributed by atoms with van der Waals surface area (Å²) in [6.07, 6.45) is 2.03. The maximum absolute atomic E-state index is 13.0. The molecule has 30 heavy (non-hydrogen) atoms. The Balaban J connectivity index is 1.60. The summed E-state index contributed by atoms with van der Waals surface area (Å²) in [5.74, 6) is 0. The van der Waals surface area contributed by atoms with Crippen LogP contribution in [0.1, 0.15) is 28.3 Å². The van der Waals surface area contributed by atoms with Gasteiger partial charge in [0.25, 0.3) is 0 Å². The Bertz CT molecular complexity index is 1380. The van der Waals surface area contributed by atoms with Gasteiger partial charge in [0, 0.05) is 0 Å². The predicted molar refractivity (Wildman–Crippen MR) is 122 cm³/mol.